The summed E-state index contributed by atoms with van der Waals surface area (Å²) in [4.78, 5) is 26.1. The van der Waals surface area contributed by atoms with Gasteiger partial charge >= 0.3 is 6.61 Å². The Balaban J connectivity index is 1.52. The third-order valence-corrected chi connectivity index (χ3v) is 4.27. The van der Waals surface area contributed by atoms with Gasteiger partial charge in [0.1, 0.15) is 11.5 Å². The Hall–Kier alpha value is -3.16. The number of benzene rings is 2. The number of ether oxygens (including phenoxy) is 2. The number of amides is 2. The fourth-order valence-corrected chi connectivity index (χ4v) is 2.88. The van der Waals surface area contributed by atoms with Gasteiger partial charge in [-0.25, -0.2) is 0 Å². The van der Waals surface area contributed by atoms with E-state index in [4.69, 9.17) is 4.74 Å². The first-order valence-electron chi connectivity index (χ1n) is 8.81. The molecule has 3 rings (SSSR count). The van der Waals surface area contributed by atoms with Crippen LogP contribution in [0.4, 0.5) is 14.5 Å². The number of hydrogen-bond acceptors (Lipinski definition) is 4. The molecule has 1 heterocycles. The summed E-state index contributed by atoms with van der Waals surface area (Å²) in [5, 5.41) is 2.75. The molecule has 0 aromatic heterocycles. The van der Waals surface area contributed by atoms with Crippen molar-refractivity contribution in [2.75, 3.05) is 11.4 Å². The molecule has 1 N–H and O–H groups in total. The summed E-state index contributed by atoms with van der Waals surface area (Å²) < 4.78 is 34.1. The maximum atomic E-state index is 12.4. The van der Waals surface area contributed by atoms with Crippen LogP contribution >= 0.6 is 0 Å². The zero-order valence-electron chi connectivity index (χ0n) is 15.2. The van der Waals surface area contributed by atoms with E-state index in [-0.39, 0.29) is 37.1 Å². The molecule has 0 spiro atoms. The number of anilines is 1. The standard InChI is InChI=1S/C20H20F2N2O4/c1-13-19(26)24(16-4-2-3-5-17(16)27-13)11-10-18(25)23-12-14-6-8-15(9-7-14)28-20(21)22/h2-9,13,20H,10-12H2,1H3,(H,23,25). The van der Waals surface area contributed by atoms with Crippen LogP contribution in [0, 0.1) is 0 Å². The van der Waals surface area contributed by atoms with Gasteiger partial charge in [0.15, 0.2) is 6.10 Å². The molecule has 1 atom stereocenters. The maximum absolute atomic E-state index is 12.4. The van der Waals surface area contributed by atoms with E-state index in [0.717, 1.165) is 5.56 Å². The van der Waals surface area contributed by atoms with E-state index in [9.17, 15) is 18.4 Å². The second kappa shape index (κ2) is 8.69. The summed E-state index contributed by atoms with van der Waals surface area (Å²) in [5.41, 5.74) is 1.39. The molecular weight excluding hydrogens is 370 g/mol. The number of rotatable bonds is 7. The molecule has 0 radical (unpaired) electrons. The number of nitrogens with zero attached hydrogens (tertiary/aromatic N) is 1. The number of carbonyl (C=O) groups is 2. The average Bonchev–Trinajstić information content (AvgIpc) is 2.67. The van der Waals surface area contributed by atoms with Crippen LogP contribution in [0.2, 0.25) is 0 Å². The molecule has 2 aromatic rings. The highest BCUT2D eigenvalue weighted by Gasteiger charge is 2.31. The Labute approximate surface area is 161 Å². The fourth-order valence-electron chi connectivity index (χ4n) is 2.88. The Morgan fingerprint density at radius 3 is 2.64 bits per heavy atom. The second-order valence-corrected chi connectivity index (χ2v) is 6.27. The van der Waals surface area contributed by atoms with Crippen molar-refractivity contribution in [3.05, 3.63) is 54.1 Å². The van der Waals surface area contributed by atoms with Gasteiger partial charge in [0.25, 0.3) is 5.91 Å². The summed E-state index contributed by atoms with van der Waals surface area (Å²) in [6.45, 7) is -0.720. The van der Waals surface area contributed by atoms with Gasteiger partial charge in [-0.1, -0.05) is 24.3 Å². The van der Waals surface area contributed by atoms with Crippen LogP contribution in [0.1, 0.15) is 18.9 Å². The minimum atomic E-state index is -2.87. The molecule has 0 saturated carbocycles. The van der Waals surface area contributed by atoms with E-state index in [1.807, 2.05) is 6.07 Å². The Morgan fingerprint density at radius 2 is 1.93 bits per heavy atom. The number of fused-ring (bicyclic) bond motifs is 1. The Morgan fingerprint density at radius 1 is 1.21 bits per heavy atom. The zero-order valence-corrected chi connectivity index (χ0v) is 15.2. The summed E-state index contributed by atoms with van der Waals surface area (Å²) in [6.07, 6.45) is -0.480. The molecule has 6 nitrogen and oxygen atoms in total. The van der Waals surface area contributed by atoms with Crippen LogP contribution in [0.15, 0.2) is 48.5 Å². The molecule has 148 valence electrons. The van der Waals surface area contributed by atoms with Crippen molar-refractivity contribution in [3.8, 4) is 11.5 Å². The van der Waals surface area contributed by atoms with Crippen molar-refractivity contribution in [2.45, 2.75) is 32.6 Å². The molecule has 2 amide bonds. The van der Waals surface area contributed by atoms with Gasteiger partial charge in [-0.05, 0) is 36.8 Å². The van der Waals surface area contributed by atoms with Gasteiger partial charge in [0.2, 0.25) is 5.91 Å². The van der Waals surface area contributed by atoms with Crippen molar-refractivity contribution in [1.29, 1.82) is 0 Å². The smallest absolute Gasteiger partial charge is 0.387 e. The molecule has 0 saturated heterocycles. The second-order valence-electron chi connectivity index (χ2n) is 6.27. The van der Waals surface area contributed by atoms with Gasteiger partial charge in [-0.15, -0.1) is 0 Å². The number of para-hydroxylation sites is 2. The third-order valence-electron chi connectivity index (χ3n) is 4.27. The number of halogens is 2. The predicted octanol–water partition coefficient (Wildman–Crippen LogP) is 3.11. The molecule has 0 bridgehead atoms. The van der Waals surface area contributed by atoms with Crippen molar-refractivity contribution in [1.82, 2.24) is 5.32 Å². The van der Waals surface area contributed by atoms with Crippen molar-refractivity contribution in [3.63, 3.8) is 0 Å². The van der Waals surface area contributed by atoms with E-state index in [1.165, 1.54) is 12.1 Å². The van der Waals surface area contributed by atoms with E-state index < -0.39 is 12.7 Å². The van der Waals surface area contributed by atoms with E-state index in [2.05, 4.69) is 10.1 Å². The molecular formula is C20H20F2N2O4. The highest BCUT2D eigenvalue weighted by Crippen LogP contribution is 2.33. The average molecular weight is 390 g/mol. The number of nitrogens with one attached hydrogen (secondary N) is 1. The molecule has 1 aliphatic rings. The quantitative estimate of drug-likeness (QED) is 0.789. The number of alkyl halides is 2. The molecule has 0 fully saturated rings. The van der Waals surface area contributed by atoms with Crippen LogP contribution in [-0.2, 0) is 16.1 Å². The summed E-state index contributed by atoms with van der Waals surface area (Å²) in [5.74, 6) is 0.253. The summed E-state index contributed by atoms with van der Waals surface area (Å²) >= 11 is 0. The molecule has 28 heavy (non-hydrogen) atoms. The van der Waals surface area contributed by atoms with Crippen LogP contribution in [-0.4, -0.2) is 31.1 Å². The van der Waals surface area contributed by atoms with E-state index in [0.29, 0.717) is 11.4 Å². The van der Waals surface area contributed by atoms with Gasteiger partial charge in [-0.2, -0.15) is 8.78 Å². The zero-order chi connectivity index (χ0) is 20.1. The lowest BCUT2D eigenvalue weighted by Crippen LogP contribution is -2.45. The summed E-state index contributed by atoms with van der Waals surface area (Å²) in [6, 6.07) is 13.2. The van der Waals surface area contributed by atoms with E-state index in [1.54, 1.807) is 42.2 Å². The van der Waals surface area contributed by atoms with Crippen LogP contribution in [0.5, 0.6) is 11.5 Å². The van der Waals surface area contributed by atoms with Gasteiger partial charge in [-0.3, -0.25) is 9.59 Å². The SMILES string of the molecule is CC1Oc2ccccc2N(CCC(=O)NCc2ccc(OC(F)F)cc2)C1=O. The molecule has 2 aromatic carbocycles. The first-order chi connectivity index (χ1) is 13.4. The van der Waals surface area contributed by atoms with Crippen molar-refractivity contribution < 1.29 is 27.8 Å². The number of hydrogen-bond donors (Lipinski definition) is 1. The Bertz CT molecular complexity index is 842. The lowest BCUT2D eigenvalue weighted by Gasteiger charge is -2.32. The highest BCUT2D eigenvalue weighted by atomic mass is 19.3. The first-order valence-corrected chi connectivity index (χ1v) is 8.81. The monoisotopic (exact) mass is 390 g/mol. The molecule has 1 unspecified atom stereocenters. The first kappa shape index (κ1) is 19.6. The van der Waals surface area contributed by atoms with E-state index >= 15 is 0 Å². The fraction of sp³-hybridized carbons (Fsp3) is 0.300. The van der Waals surface area contributed by atoms with Crippen molar-refractivity contribution in [2.24, 2.45) is 0 Å². The topological polar surface area (TPSA) is 67.9 Å². The third kappa shape index (κ3) is 4.76. The van der Waals surface area contributed by atoms with Crippen LogP contribution in [0.3, 0.4) is 0 Å². The molecule has 0 aliphatic carbocycles. The predicted molar refractivity (Wildman–Crippen MR) is 98.4 cm³/mol. The molecule has 8 heteroatoms. The number of carbonyl (C=O) groups excluding carboxylic acids is 2. The summed E-state index contributed by atoms with van der Waals surface area (Å²) in [7, 11) is 0. The van der Waals surface area contributed by atoms with Gasteiger partial charge < -0.3 is 19.7 Å². The molecule has 1 aliphatic heterocycles. The highest BCUT2D eigenvalue weighted by molar-refractivity contribution is 6.00. The normalized spacial score (nSPS) is 15.8. The van der Waals surface area contributed by atoms with Gasteiger partial charge in [0.05, 0.1) is 5.69 Å². The largest absolute Gasteiger partial charge is 0.479 e. The van der Waals surface area contributed by atoms with Crippen LogP contribution < -0.4 is 19.7 Å². The lowest BCUT2D eigenvalue weighted by atomic mass is 10.1. The van der Waals surface area contributed by atoms with Crippen LogP contribution in [0.25, 0.3) is 0 Å². The lowest BCUT2D eigenvalue weighted by molar-refractivity contribution is -0.125. The maximum Gasteiger partial charge on any atom is 0.387 e. The van der Waals surface area contributed by atoms with Crippen molar-refractivity contribution >= 4 is 17.5 Å². The minimum Gasteiger partial charge on any atom is -0.479 e. The van der Waals surface area contributed by atoms with Gasteiger partial charge in [0, 0.05) is 19.5 Å². The minimum absolute atomic E-state index is 0.0590. The Kier molecular flexibility index (Phi) is 6.08.